The van der Waals surface area contributed by atoms with Crippen LogP contribution in [0.2, 0.25) is 0 Å². The van der Waals surface area contributed by atoms with Crippen molar-refractivity contribution < 1.29 is 9.53 Å². The Kier molecular flexibility index (Phi) is 4.16. The van der Waals surface area contributed by atoms with Gasteiger partial charge in [0.15, 0.2) is 0 Å². The van der Waals surface area contributed by atoms with Crippen molar-refractivity contribution in [3.63, 3.8) is 0 Å². The van der Waals surface area contributed by atoms with Crippen LogP contribution in [0, 0.1) is 17.8 Å². The van der Waals surface area contributed by atoms with Crippen LogP contribution in [0.15, 0.2) is 33.7 Å². The number of nitrogens with zero attached hydrogens (tertiary/aromatic N) is 2. The zero-order chi connectivity index (χ0) is 16.7. The van der Waals surface area contributed by atoms with Crippen LogP contribution in [-0.2, 0) is 16.1 Å². The average molecular weight is 391 g/mol. The molecule has 0 spiro atoms. The number of carbonyl (C=O) groups excluding carboxylic acids is 1. The number of aromatic nitrogens is 2. The predicted molar refractivity (Wildman–Crippen MR) is 92.5 cm³/mol. The second-order valence-electron chi connectivity index (χ2n) is 6.96. The molecule has 0 amide bonds. The zero-order valence-corrected chi connectivity index (χ0v) is 14.9. The molecule has 0 aliphatic heterocycles. The second kappa shape index (κ2) is 6.31. The highest BCUT2D eigenvalue weighted by Gasteiger charge is 2.40. The number of hydrogen-bond donors (Lipinski definition) is 0. The van der Waals surface area contributed by atoms with E-state index >= 15 is 0 Å². The number of esters is 1. The first-order valence-corrected chi connectivity index (χ1v) is 9.21. The van der Waals surface area contributed by atoms with Crippen LogP contribution < -0.4 is 5.56 Å². The van der Waals surface area contributed by atoms with E-state index in [0.717, 1.165) is 10.4 Å². The molecule has 2 saturated carbocycles. The molecule has 2 aliphatic rings. The molecule has 4 rings (SSSR count). The maximum Gasteiger partial charge on any atom is 0.306 e. The molecule has 24 heavy (non-hydrogen) atoms. The van der Waals surface area contributed by atoms with Crippen LogP contribution >= 0.6 is 15.9 Å². The molecule has 0 N–H and O–H groups in total. The van der Waals surface area contributed by atoms with Crippen LogP contribution in [0.1, 0.15) is 37.8 Å². The molecule has 0 aromatic carbocycles. The monoisotopic (exact) mass is 390 g/mol. The first-order chi connectivity index (χ1) is 11.6. The molecule has 2 heterocycles. The van der Waals surface area contributed by atoms with Crippen LogP contribution in [-0.4, -0.2) is 15.4 Å². The van der Waals surface area contributed by atoms with Gasteiger partial charge in [0, 0.05) is 23.2 Å². The number of rotatable bonds is 4. The van der Waals surface area contributed by atoms with Crippen molar-refractivity contribution >= 4 is 27.5 Å². The van der Waals surface area contributed by atoms with Gasteiger partial charge in [0.05, 0.1) is 5.69 Å². The molecule has 5 nitrogen and oxygen atoms in total. The Hall–Kier alpha value is -1.69. The molecule has 2 aromatic rings. The molecule has 0 radical (unpaired) electrons. The molecule has 0 saturated heterocycles. The number of pyridine rings is 1. The molecule has 2 aliphatic carbocycles. The van der Waals surface area contributed by atoms with Crippen molar-refractivity contribution in [1.82, 2.24) is 9.38 Å². The number of ether oxygens (including phenoxy) is 1. The maximum absolute atomic E-state index is 12.1. The normalized spacial score (nSPS) is 25.3. The van der Waals surface area contributed by atoms with E-state index in [2.05, 4.69) is 20.9 Å². The third-order valence-electron chi connectivity index (χ3n) is 5.37. The molecular weight excluding hydrogens is 372 g/mol. The SMILES string of the molecule is O=C(C[C@@H]1C[C@H]2CC[C@@H]1C2)OCc1cc(=O)n2cc(Br)ccc2n1. The van der Waals surface area contributed by atoms with E-state index in [1.807, 2.05) is 6.07 Å². The summed E-state index contributed by atoms with van der Waals surface area (Å²) >= 11 is 3.33. The number of fused-ring (bicyclic) bond motifs is 3. The molecule has 126 valence electrons. The summed E-state index contributed by atoms with van der Waals surface area (Å²) in [7, 11) is 0. The summed E-state index contributed by atoms with van der Waals surface area (Å²) in [6, 6.07) is 5.00. The Bertz CT molecular complexity index is 848. The average Bonchev–Trinajstić information content (AvgIpc) is 3.16. The summed E-state index contributed by atoms with van der Waals surface area (Å²) in [6.45, 7) is 0.0570. The van der Waals surface area contributed by atoms with Gasteiger partial charge in [-0.3, -0.25) is 14.0 Å². The van der Waals surface area contributed by atoms with Gasteiger partial charge in [0.2, 0.25) is 0 Å². The molecule has 2 aromatic heterocycles. The van der Waals surface area contributed by atoms with Gasteiger partial charge in [-0.25, -0.2) is 4.98 Å². The molecule has 0 unspecified atom stereocenters. The lowest BCUT2D eigenvalue weighted by molar-refractivity contribution is -0.146. The van der Waals surface area contributed by atoms with E-state index in [9.17, 15) is 9.59 Å². The highest BCUT2D eigenvalue weighted by molar-refractivity contribution is 9.10. The van der Waals surface area contributed by atoms with Gasteiger partial charge in [-0.05, 0) is 65.1 Å². The van der Waals surface area contributed by atoms with Gasteiger partial charge in [0.25, 0.3) is 5.56 Å². The lowest BCUT2D eigenvalue weighted by Gasteiger charge is -2.20. The van der Waals surface area contributed by atoms with Crippen molar-refractivity contribution in [3.8, 4) is 0 Å². The summed E-state index contributed by atoms with van der Waals surface area (Å²) in [5.41, 5.74) is 0.855. The standard InChI is InChI=1S/C18H19BrN2O3/c19-14-3-4-16-20-15(8-17(22)21(16)9-14)10-24-18(23)7-13-6-11-1-2-12(13)5-11/h3-4,8-9,11-13H,1-2,5-7,10H2/t11-,12+,13-/m0/s1. The van der Waals surface area contributed by atoms with Gasteiger partial charge in [-0.1, -0.05) is 6.42 Å². The van der Waals surface area contributed by atoms with E-state index in [1.165, 1.54) is 36.2 Å². The van der Waals surface area contributed by atoms with Crippen LogP contribution in [0.25, 0.3) is 5.65 Å². The van der Waals surface area contributed by atoms with Crippen molar-refractivity contribution in [2.24, 2.45) is 17.8 Å². The first-order valence-electron chi connectivity index (χ1n) is 8.42. The van der Waals surface area contributed by atoms with Crippen molar-refractivity contribution in [2.45, 2.75) is 38.7 Å². The fourth-order valence-corrected chi connectivity index (χ4v) is 4.59. The van der Waals surface area contributed by atoms with Gasteiger partial charge >= 0.3 is 5.97 Å². The quantitative estimate of drug-likeness (QED) is 0.751. The smallest absolute Gasteiger partial charge is 0.306 e. The zero-order valence-electron chi connectivity index (χ0n) is 13.3. The van der Waals surface area contributed by atoms with Crippen LogP contribution in [0.5, 0.6) is 0 Å². The summed E-state index contributed by atoms with van der Waals surface area (Å²) in [6.07, 6.45) is 7.23. The number of hydrogen-bond acceptors (Lipinski definition) is 4. The van der Waals surface area contributed by atoms with Crippen LogP contribution in [0.3, 0.4) is 0 Å². The molecule has 6 heteroatoms. The van der Waals surface area contributed by atoms with Gasteiger partial charge < -0.3 is 4.74 Å². The fraction of sp³-hybridized carbons (Fsp3) is 0.500. The van der Waals surface area contributed by atoms with Crippen LogP contribution in [0.4, 0.5) is 0 Å². The topological polar surface area (TPSA) is 60.7 Å². The highest BCUT2D eigenvalue weighted by Crippen LogP contribution is 2.49. The summed E-state index contributed by atoms with van der Waals surface area (Å²) in [4.78, 5) is 28.6. The predicted octanol–water partition coefficient (Wildman–Crippen LogP) is 3.33. The lowest BCUT2D eigenvalue weighted by Crippen LogP contribution is -2.19. The Morgan fingerprint density at radius 1 is 1.33 bits per heavy atom. The number of halogens is 1. The van der Waals surface area contributed by atoms with Gasteiger partial charge in [0.1, 0.15) is 12.3 Å². The largest absolute Gasteiger partial charge is 0.459 e. The summed E-state index contributed by atoms with van der Waals surface area (Å²) in [5.74, 6) is 1.85. The van der Waals surface area contributed by atoms with E-state index in [-0.39, 0.29) is 18.1 Å². The van der Waals surface area contributed by atoms with Gasteiger partial charge in [-0.15, -0.1) is 0 Å². The summed E-state index contributed by atoms with van der Waals surface area (Å²) in [5, 5.41) is 0. The Balaban J connectivity index is 1.40. The minimum Gasteiger partial charge on any atom is -0.459 e. The van der Waals surface area contributed by atoms with E-state index in [0.29, 0.717) is 29.6 Å². The third-order valence-corrected chi connectivity index (χ3v) is 5.84. The fourth-order valence-electron chi connectivity index (χ4n) is 4.25. The Morgan fingerprint density at radius 3 is 2.96 bits per heavy atom. The van der Waals surface area contributed by atoms with E-state index < -0.39 is 0 Å². The lowest BCUT2D eigenvalue weighted by atomic mass is 9.86. The first kappa shape index (κ1) is 15.8. The Morgan fingerprint density at radius 2 is 2.21 bits per heavy atom. The summed E-state index contributed by atoms with van der Waals surface area (Å²) < 4.78 is 7.64. The molecule has 2 bridgehead atoms. The Labute approximate surface area is 148 Å². The third kappa shape index (κ3) is 3.11. The van der Waals surface area contributed by atoms with E-state index in [1.54, 1.807) is 12.3 Å². The second-order valence-corrected chi connectivity index (χ2v) is 7.88. The number of carbonyl (C=O) groups is 1. The minimum atomic E-state index is -0.180. The van der Waals surface area contributed by atoms with Crippen molar-refractivity contribution in [3.05, 3.63) is 44.9 Å². The molecular formula is C18H19BrN2O3. The highest BCUT2D eigenvalue weighted by atomic mass is 79.9. The molecule has 3 atom stereocenters. The van der Waals surface area contributed by atoms with Gasteiger partial charge in [-0.2, -0.15) is 0 Å². The van der Waals surface area contributed by atoms with Crippen molar-refractivity contribution in [2.75, 3.05) is 0 Å². The van der Waals surface area contributed by atoms with Crippen molar-refractivity contribution in [1.29, 1.82) is 0 Å². The maximum atomic E-state index is 12.1. The minimum absolute atomic E-state index is 0.0570. The van der Waals surface area contributed by atoms with E-state index in [4.69, 9.17) is 4.74 Å². The molecule has 2 fully saturated rings.